The van der Waals surface area contributed by atoms with Gasteiger partial charge in [0.15, 0.2) is 0 Å². The van der Waals surface area contributed by atoms with E-state index < -0.39 is 5.97 Å². The Labute approximate surface area is 120 Å². The van der Waals surface area contributed by atoms with Crippen LogP contribution in [0.15, 0.2) is 24.5 Å². The summed E-state index contributed by atoms with van der Waals surface area (Å²) in [5.74, 6) is -1.28. The van der Waals surface area contributed by atoms with Crippen molar-refractivity contribution in [1.29, 1.82) is 0 Å². The molecule has 0 spiro atoms. The van der Waals surface area contributed by atoms with E-state index in [-0.39, 0.29) is 18.1 Å². The maximum absolute atomic E-state index is 11.8. The van der Waals surface area contributed by atoms with Crippen molar-refractivity contribution in [2.24, 2.45) is 0 Å². The van der Waals surface area contributed by atoms with Gasteiger partial charge in [0.1, 0.15) is 17.2 Å². The molecule has 106 valence electrons. The number of nitrogens with zero attached hydrogens (tertiary/aromatic N) is 2. The number of carboxylic acids is 1. The summed E-state index contributed by atoms with van der Waals surface area (Å²) in [4.78, 5) is 28.1. The molecule has 0 fully saturated rings. The first-order valence-electron chi connectivity index (χ1n) is 6.19. The van der Waals surface area contributed by atoms with Crippen LogP contribution >= 0.6 is 11.3 Å². The Bertz CT molecular complexity index is 618. The first-order valence-corrected chi connectivity index (χ1v) is 7.00. The third-order valence-electron chi connectivity index (χ3n) is 2.75. The minimum absolute atomic E-state index is 0.0133. The molecule has 7 heteroatoms. The van der Waals surface area contributed by atoms with E-state index in [1.54, 1.807) is 29.8 Å². The Hall–Kier alpha value is -2.15. The number of carboxylic acid groups (broad SMARTS) is 1. The fourth-order valence-electron chi connectivity index (χ4n) is 1.72. The minimum Gasteiger partial charge on any atom is -0.477 e. The first-order chi connectivity index (χ1) is 9.60. The van der Waals surface area contributed by atoms with Gasteiger partial charge in [-0.2, -0.15) is 0 Å². The molecule has 0 aromatic carbocycles. The number of amides is 1. The highest BCUT2D eigenvalue weighted by Crippen LogP contribution is 2.12. The van der Waals surface area contributed by atoms with E-state index in [1.807, 2.05) is 0 Å². The van der Waals surface area contributed by atoms with Gasteiger partial charge in [-0.15, -0.1) is 11.3 Å². The Morgan fingerprint density at radius 3 is 2.95 bits per heavy atom. The molecule has 1 amide bonds. The average molecular weight is 293 g/mol. The number of carbonyl (C=O) groups is 2. The number of rotatable bonds is 6. The molecule has 0 atom stereocenters. The average Bonchev–Trinajstić information content (AvgIpc) is 3.04. The normalized spacial score (nSPS) is 10.4. The van der Waals surface area contributed by atoms with Crippen LogP contribution in [-0.4, -0.2) is 26.5 Å². The lowest BCUT2D eigenvalue weighted by molar-refractivity contribution is -0.121. The molecule has 0 bridgehead atoms. The molecular weight excluding hydrogens is 278 g/mol. The number of aryl methyl sites for hydroxylation is 1. The van der Waals surface area contributed by atoms with Crippen molar-refractivity contribution in [1.82, 2.24) is 14.9 Å². The van der Waals surface area contributed by atoms with Gasteiger partial charge >= 0.3 is 5.97 Å². The number of hydrogen-bond donors (Lipinski definition) is 2. The lowest BCUT2D eigenvalue weighted by Crippen LogP contribution is -2.27. The number of aromatic carboxylic acids is 1. The molecule has 0 saturated carbocycles. The van der Waals surface area contributed by atoms with Crippen molar-refractivity contribution < 1.29 is 14.7 Å². The van der Waals surface area contributed by atoms with Crippen molar-refractivity contribution in [2.45, 2.75) is 26.4 Å². The fraction of sp³-hybridized carbons (Fsp3) is 0.308. The standard InChI is InChI=1S/C13H15N3O3S/c1-2-9-6-15-12(20-9)7-14-11(17)8-16-5-3-4-10(16)13(18)19/h3-6H,2,7-8H2,1H3,(H,14,17)(H,18,19). The van der Waals surface area contributed by atoms with Gasteiger partial charge in [-0.05, 0) is 18.6 Å². The van der Waals surface area contributed by atoms with Gasteiger partial charge < -0.3 is 15.0 Å². The lowest BCUT2D eigenvalue weighted by atomic mass is 10.4. The van der Waals surface area contributed by atoms with Gasteiger partial charge in [-0.25, -0.2) is 9.78 Å². The number of nitrogens with one attached hydrogen (secondary N) is 1. The molecule has 6 nitrogen and oxygen atoms in total. The van der Waals surface area contributed by atoms with Crippen LogP contribution in [0, 0.1) is 0 Å². The Morgan fingerprint density at radius 2 is 2.30 bits per heavy atom. The molecule has 0 radical (unpaired) electrons. The fourth-order valence-corrected chi connectivity index (χ4v) is 2.53. The van der Waals surface area contributed by atoms with E-state index in [2.05, 4.69) is 17.2 Å². The smallest absolute Gasteiger partial charge is 0.352 e. The maximum Gasteiger partial charge on any atom is 0.352 e. The molecule has 0 unspecified atom stereocenters. The second kappa shape index (κ2) is 6.33. The van der Waals surface area contributed by atoms with E-state index in [1.165, 1.54) is 15.5 Å². The van der Waals surface area contributed by atoms with Crippen molar-refractivity contribution in [3.05, 3.63) is 40.1 Å². The molecular formula is C13H15N3O3S. The van der Waals surface area contributed by atoms with E-state index in [0.717, 1.165) is 11.4 Å². The van der Waals surface area contributed by atoms with E-state index >= 15 is 0 Å². The summed E-state index contributed by atoms with van der Waals surface area (Å²) in [6, 6.07) is 3.06. The van der Waals surface area contributed by atoms with Gasteiger partial charge in [-0.1, -0.05) is 6.92 Å². The molecule has 2 N–H and O–H groups in total. The predicted octanol–water partition coefficient (Wildman–Crippen LogP) is 1.52. The highest BCUT2D eigenvalue weighted by Gasteiger charge is 2.11. The number of thiazole rings is 1. The summed E-state index contributed by atoms with van der Waals surface area (Å²) in [6.45, 7) is 2.41. The van der Waals surface area contributed by atoms with Gasteiger partial charge in [-0.3, -0.25) is 4.79 Å². The molecule has 20 heavy (non-hydrogen) atoms. The molecule has 0 aliphatic carbocycles. The van der Waals surface area contributed by atoms with Crippen molar-refractivity contribution >= 4 is 23.2 Å². The van der Waals surface area contributed by atoms with Crippen LogP contribution in [0.3, 0.4) is 0 Å². The summed E-state index contributed by atoms with van der Waals surface area (Å²) in [5.41, 5.74) is 0.0997. The second-order valence-corrected chi connectivity index (χ2v) is 5.38. The van der Waals surface area contributed by atoms with Crippen LogP contribution in [0.1, 0.15) is 27.3 Å². The number of aromatic nitrogens is 2. The second-order valence-electron chi connectivity index (χ2n) is 4.18. The van der Waals surface area contributed by atoms with Gasteiger partial charge in [0, 0.05) is 17.3 Å². The van der Waals surface area contributed by atoms with E-state index in [0.29, 0.717) is 6.54 Å². The molecule has 0 aliphatic rings. The van der Waals surface area contributed by atoms with Gasteiger partial charge in [0.2, 0.25) is 5.91 Å². The third kappa shape index (κ3) is 3.45. The molecule has 0 aliphatic heterocycles. The van der Waals surface area contributed by atoms with E-state index in [9.17, 15) is 9.59 Å². The largest absolute Gasteiger partial charge is 0.477 e. The van der Waals surface area contributed by atoms with Gasteiger partial charge in [0.25, 0.3) is 0 Å². The van der Waals surface area contributed by atoms with Crippen molar-refractivity contribution in [3.8, 4) is 0 Å². The molecule has 2 heterocycles. The number of hydrogen-bond acceptors (Lipinski definition) is 4. The van der Waals surface area contributed by atoms with Crippen LogP contribution in [0.5, 0.6) is 0 Å². The van der Waals surface area contributed by atoms with Crippen molar-refractivity contribution in [3.63, 3.8) is 0 Å². The summed E-state index contributed by atoms with van der Waals surface area (Å²) in [7, 11) is 0. The Kier molecular flexibility index (Phi) is 4.52. The quantitative estimate of drug-likeness (QED) is 0.845. The summed E-state index contributed by atoms with van der Waals surface area (Å²) >= 11 is 1.56. The number of carbonyl (C=O) groups excluding carboxylic acids is 1. The Balaban J connectivity index is 1.89. The zero-order chi connectivity index (χ0) is 14.5. The lowest BCUT2D eigenvalue weighted by Gasteiger charge is -2.06. The van der Waals surface area contributed by atoms with Crippen LogP contribution in [0.4, 0.5) is 0 Å². The Morgan fingerprint density at radius 1 is 1.50 bits per heavy atom. The summed E-state index contributed by atoms with van der Waals surface area (Å²) < 4.78 is 1.40. The van der Waals surface area contributed by atoms with Crippen LogP contribution in [0.25, 0.3) is 0 Å². The monoisotopic (exact) mass is 293 g/mol. The van der Waals surface area contributed by atoms with Crippen molar-refractivity contribution in [2.75, 3.05) is 0 Å². The summed E-state index contributed by atoms with van der Waals surface area (Å²) in [6.07, 6.45) is 4.30. The first kappa shape index (κ1) is 14.3. The topological polar surface area (TPSA) is 84.2 Å². The zero-order valence-corrected chi connectivity index (χ0v) is 11.8. The third-order valence-corrected chi connectivity index (χ3v) is 3.89. The molecule has 2 aromatic heterocycles. The van der Waals surface area contributed by atoms with Crippen LogP contribution in [-0.2, 0) is 24.3 Å². The highest BCUT2D eigenvalue weighted by molar-refractivity contribution is 7.11. The molecule has 2 aromatic rings. The molecule has 2 rings (SSSR count). The SMILES string of the molecule is CCc1cnc(CNC(=O)Cn2cccc2C(=O)O)s1. The molecule has 0 saturated heterocycles. The van der Waals surface area contributed by atoms with Gasteiger partial charge in [0.05, 0.1) is 6.54 Å². The van der Waals surface area contributed by atoms with Crippen LogP contribution in [0.2, 0.25) is 0 Å². The van der Waals surface area contributed by atoms with Crippen LogP contribution < -0.4 is 5.32 Å². The minimum atomic E-state index is -1.05. The zero-order valence-electron chi connectivity index (χ0n) is 11.0. The predicted molar refractivity (Wildman–Crippen MR) is 74.7 cm³/mol. The highest BCUT2D eigenvalue weighted by atomic mass is 32.1. The van der Waals surface area contributed by atoms with E-state index in [4.69, 9.17) is 5.11 Å². The maximum atomic E-state index is 11.8. The summed E-state index contributed by atoms with van der Waals surface area (Å²) in [5, 5.41) is 12.5.